The molecule has 3 aliphatic rings. The second-order valence-corrected chi connectivity index (χ2v) is 15.6. The number of nitrogens with zero attached hydrogens (tertiary/aromatic N) is 2. The third kappa shape index (κ3) is 7.14. The highest BCUT2D eigenvalue weighted by molar-refractivity contribution is 9.09. The van der Waals surface area contributed by atoms with Crippen LogP contribution in [0.15, 0.2) is 114 Å². The standard InChI is InChI=1S/C44H51BrN2O3/c1-43(2)35-22-12-14-24-37(35)46(27-17-6-5-16-26-45)39(43)30-33-41(48)34(42(33)49)31-40-44(3,4)36-23-13-15-25-38(36)47(40)28-18-7-8-19-29-50-32-20-10-9-11-21-32/h9-15,20-25,30-31H,5-8,16-19,26-29H2,1-4H3/p+1. The lowest BCUT2D eigenvalue weighted by Gasteiger charge is -2.29. The fraction of sp³-hybridized carbons (Fsp3) is 0.409. The summed E-state index contributed by atoms with van der Waals surface area (Å²) in [5.41, 5.74) is 7.26. The highest BCUT2D eigenvalue weighted by Crippen LogP contribution is 2.49. The molecule has 2 heterocycles. The molecule has 0 radical (unpaired) electrons. The highest BCUT2D eigenvalue weighted by atomic mass is 79.9. The van der Waals surface area contributed by atoms with Crippen LogP contribution in [0.5, 0.6) is 5.75 Å². The second-order valence-electron chi connectivity index (χ2n) is 14.8. The van der Waals surface area contributed by atoms with Crippen molar-refractivity contribution in [3.63, 3.8) is 0 Å². The largest absolute Gasteiger partial charge is 0.506 e. The maximum Gasteiger partial charge on any atom is 0.209 e. The van der Waals surface area contributed by atoms with Gasteiger partial charge in [0.1, 0.15) is 18.1 Å². The van der Waals surface area contributed by atoms with Gasteiger partial charge in [-0.15, -0.1) is 0 Å². The number of allylic oxidation sites excluding steroid dienone is 5. The first kappa shape index (κ1) is 35.9. The average Bonchev–Trinajstić information content (AvgIpc) is 3.47. The van der Waals surface area contributed by atoms with Crippen LogP contribution in [0.2, 0.25) is 0 Å². The van der Waals surface area contributed by atoms with E-state index in [4.69, 9.17) is 4.74 Å². The normalized spacial score (nSPS) is 19.0. The number of ether oxygens (including phenoxy) is 1. The summed E-state index contributed by atoms with van der Waals surface area (Å²) >= 11 is 3.55. The zero-order valence-electron chi connectivity index (χ0n) is 30.2. The van der Waals surface area contributed by atoms with Crippen molar-refractivity contribution < 1.29 is 19.2 Å². The minimum absolute atomic E-state index is 0.0864. The van der Waals surface area contributed by atoms with E-state index >= 15 is 0 Å². The average molecular weight is 737 g/mol. The fourth-order valence-corrected chi connectivity index (χ4v) is 8.21. The van der Waals surface area contributed by atoms with Crippen LogP contribution in [0, 0.1) is 0 Å². The molecule has 2 aliphatic heterocycles. The number of alkyl halides is 1. The molecule has 0 saturated carbocycles. The monoisotopic (exact) mass is 735 g/mol. The second kappa shape index (κ2) is 15.6. The summed E-state index contributed by atoms with van der Waals surface area (Å²) in [5, 5.41) is 12.6. The van der Waals surface area contributed by atoms with E-state index in [2.05, 4.69) is 102 Å². The molecule has 6 heteroatoms. The van der Waals surface area contributed by atoms with Gasteiger partial charge < -0.3 is 14.7 Å². The smallest absolute Gasteiger partial charge is 0.209 e. The zero-order chi connectivity index (χ0) is 35.3. The van der Waals surface area contributed by atoms with Crippen LogP contribution >= 0.6 is 15.9 Å². The molecule has 50 heavy (non-hydrogen) atoms. The third-order valence-corrected chi connectivity index (χ3v) is 11.3. The van der Waals surface area contributed by atoms with Crippen molar-refractivity contribution in [1.29, 1.82) is 0 Å². The van der Waals surface area contributed by atoms with Crippen LogP contribution in [0.1, 0.15) is 90.2 Å². The van der Waals surface area contributed by atoms with Gasteiger partial charge in [-0.25, -0.2) is 0 Å². The number of para-hydroxylation sites is 3. The van der Waals surface area contributed by atoms with Gasteiger partial charge in [0.05, 0.1) is 23.2 Å². The summed E-state index contributed by atoms with van der Waals surface area (Å²) in [7, 11) is 0. The first-order valence-corrected chi connectivity index (χ1v) is 19.6. The summed E-state index contributed by atoms with van der Waals surface area (Å²) in [6, 6.07) is 27.1. The lowest BCUT2D eigenvalue weighted by atomic mass is 9.77. The maximum atomic E-state index is 13.9. The number of hydrogen-bond donors (Lipinski definition) is 1. The number of carbonyl (C=O) groups excluding carboxylic acids is 1. The topological polar surface area (TPSA) is 52.8 Å². The molecule has 6 rings (SSSR count). The number of fused-ring (bicyclic) bond motifs is 2. The minimum Gasteiger partial charge on any atom is -0.506 e. The predicted octanol–water partition coefficient (Wildman–Crippen LogP) is 10.7. The van der Waals surface area contributed by atoms with Crippen LogP contribution in [-0.4, -0.2) is 46.2 Å². The number of anilines is 1. The van der Waals surface area contributed by atoms with E-state index in [0.29, 0.717) is 11.1 Å². The molecule has 0 bridgehead atoms. The Morgan fingerprint density at radius 3 is 2.18 bits per heavy atom. The molecule has 0 aromatic heterocycles. The number of rotatable bonds is 16. The predicted molar refractivity (Wildman–Crippen MR) is 210 cm³/mol. The summed E-state index contributed by atoms with van der Waals surface area (Å²) < 4.78 is 8.26. The Kier molecular flexibility index (Phi) is 11.2. The molecular formula is C44H52BrN2O3+. The van der Waals surface area contributed by atoms with E-state index in [0.717, 1.165) is 80.7 Å². The Hall–Kier alpha value is -3.90. The van der Waals surface area contributed by atoms with Crippen molar-refractivity contribution >= 4 is 38.8 Å². The maximum absolute atomic E-state index is 13.9. The minimum atomic E-state index is -0.303. The Labute approximate surface area is 307 Å². The summed E-state index contributed by atoms with van der Waals surface area (Å²) in [6.07, 6.45) is 12.8. The van der Waals surface area contributed by atoms with E-state index in [-0.39, 0.29) is 22.4 Å². The molecule has 1 N–H and O–H groups in total. The van der Waals surface area contributed by atoms with Crippen molar-refractivity contribution in [2.45, 2.75) is 89.9 Å². The summed E-state index contributed by atoms with van der Waals surface area (Å²) in [6.45, 7) is 11.4. The van der Waals surface area contributed by atoms with E-state index in [1.54, 1.807) is 0 Å². The number of ketones is 1. The van der Waals surface area contributed by atoms with E-state index in [1.807, 2.05) is 42.5 Å². The number of Topliss-reactive ketones (excluding diaryl/α,β-unsaturated/α-hetero) is 1. The number of halogens is 1. The lowest BCUT2D eigenvalue weighted by molar-refractivity contribution is -0.438. The Morgan fingerprint density at radius 2 is 1.42 bits per heavy atom. The molecular weight excluding hydrogens is 684 g/mol. The van der Waals surface area contributed by atoms with Crippen LogP contribution in [0.4, 0.5) is 11.4 Å². The van der Waals surface area contributed by atoms with Crippen molar-refractivity contribution in [2.75, 3.05) is 29.9 Å². The lowest BCUT2D eigenvalue weighted by Crippen LogP contribution is -2.32. The van der Waals surface area contributed by atoms with Crippen LogP contribution < -0.4 is 9.64 Å². The quantitative estimate of drug-likeness (QED) is 0.0689. The van der Waals surface area contributed by atoms with Crippen LogP contribution in [0.3, 0.4) is 0 Å². The van der Waals surface area contributed by atoms with Crippen molar-refractivity contribution in [3.05, 3.63) is 125 Å². The molecule has 262 valence electrons. The fourth-order valence-electron chi connectivity index (χ4n) is 7.82. The van der Waals surface area contributed by atoms with E-state index < -0.39 is 0 Å². The summed E-state index contributed by atoms with van der Waals surface area (Å²) in [5.74, 6) is 0.935. The van der Waals surface area contributed by atoms with E-state index in [1.165, 1.54) is 35.3 Å². The van der Waals surface area contributed by atoms with Gasteiger partial charge in [0.15, 0.2) is 5.71 Å². The molecule has 0 atom stereocenters. The molecule has 0 spiro atoms. The number of benzene rings is 3. The van der Waals surface area contributed by atoms with Crippen LogP contribution in [-0.2, 0) is 15.6 Å². The van der Waals surface area contributed by atoms with E-state index in [9.17, 15) is 9.90 Å². The number of carbonyl (C=O) groups is 1. The molecule has 3 aromatic rings. The molecule has 5 nitrogen and oxygen atoms in total. The first-order chi connectivity index (χ1) is 24.2. The number of hydrogen-bond acceptors (Lipinski definition) is 4. The van der Waals surface area contributed by atoms with Gasteiger partial charge in [-0.1, -0.05) is 104 Å². The SMILES string of the molecule is CC1(C)C(/C=C2/C(=O)C(/C=C3/N(CCCCCCOc4ccccc4)c4ccccc4C3(C)C)=C2O)=[N+](CCCCCCBr)c2ccccc21. The molecule has 0 amide bonds. The van der Waals surface area contributed by atoms with Gasteiger partial charge in [0.25, 0.3) is 0 Å². The Morgan fingerprint density at radius 1 is 0.760 bits per heavy atom. The van der Waals surface area contributed by atoms with Crippen molar-refractivity contribution in [2.24, 2.45) is 0 Å². The number of aliphatic hydroxyl groups excluding tert-OH is 1. The molecule has 0 fully saturated rings. The van der Waals surface area contributed by atoms with Gasteiger partial charge in [-0.3, -0.25) is 4.79 Å². The van der Waals surface area contributed by atoms with Gasteiger partial charge in [-0.05, 0) is 69.4 Å². The Balaban J connectivity index is 1.21. The van der Waals surface area contributed by atoms with Crippen molar-refractivity contribution in [3.8, 4) is 5.75 Å². The molecule has 3 aromatic carbocycles. The molecule has 0 saturated heterocycles. The third-order valence-electron chi connectivity index (χ3n) is 10.7. The van der Waals surface area contributed by atoms with Crippen molar-refractivity contribution in [1.82, 2.24) is 0 Å². The number of unbranched alkanes of at least 4 members (excludes halogenated alkanes) is 6. The van der Waals surface area contributed by atoms with Crippen LogP contribution in [0.25, 0.3) is 0 Å². The van der Waals surface area contributed by atoms with Gasteiger partial charge in [0, 0.05) is 52.8 Å². The summed E-state index contributed by atoms with van der Waals surface area (Å²) in [4.78, 5) is 16.3. The van der Waals surface area contributed by atoms with Gasteiger partial charge in [-0.2, -0.15) is 4.58 Å². The van der Waals surface area contributed by atoms with Gasteiger partial charge in [0.2, 0.25) is 11.5 Å². The number of aliphatic hydroxyl groups is 1. The Bertz CT molecular complexity index is 1830. The molecule has 1 aliphatic carbocycles. The first-order valence-electron chi connectivity index (χ1n) is 18.4. The highest BCUT2D eigenvalue weighted by Gasteiger charge is 2.47. The zero-order valence-corrected chi connectivity index (χ0v) is 31.8. The van der Waals surface area contributed by atoms with Gasteiger partial charge >= 0.3 is 0 Å². The molecule has 0 unspecified atom stereocenters.